The van der Waals surface area contributed by atoms with Crippen LogP contribution in [0.25, 0.3) is 0 Å². The summed E-state index contributed by atoms with van der Waals surface area (Å²) in [5, 5.41) is 0. The second-order valence-electron chi connectivity index (χ2n) is 6.11. The predicted octanol–water partition coefficient (Wildman–Crippen LogP) is 3.83. The third kappa shape index (κ3) is 4.27. The molecule has 2 aromatic carbocycles. The number of hydrogen-bond acceptors (Lipinski definition) is 3. The van der Waals surface area contributed by atoms with E-state index in [9.17, 15) is 9.59 Å². The van der Waals surface area contributed by atoms with Crippen molar-refractivity contribution in [2.45, 2.75) is 39.7 Å². The molecule has 0 saturated heterocycles. The van der Waals surface area contributed by atoms with Gasteiger partial charge in [0, 0.05) is 0 Å². The molecule has 0 aromatic heterocycles. The van der Waals surface area contributed by atoms with Crippen molar-refractivity contribution in [1.82, 2.24) is 0 Å². The van der Waals surface area contributed by atoms with Crippen LogP contribution in [0.5, 0.6) is 0 Å². The maximum atomic E-state index is 13.2. The molecule has 0 heterocycles. The summed E-state index contributed by atoms with van der Waals surface area (Å²) >= 11 is 0. The minimum Gasteiger partial charge on any atom is -0.467 e. The van der Waals surface area contributed by atoms with E-state index in [1.165, 1.54) is 7.11 Å². The van der Waals surface area contributed by atoms with Gasteiger partial charge in [0.05, 0.1) is 19.2 Å². The normalized spacial score (nSPS) is 11.7. The Balaban J connectivity index is 2.48. The van der Waals surface area contributed by atoms with E-state index >= 15 is 0 Å². The summed E-state index contributed by atoms with van der Waals surface area (Å²) in [7, 11) is 1.36. The molecule has 132 valence electrons. The lowest BCUT2D eigenvalue weighted by atomic mass is 10.0. The Labute approximate surface area is 149 Å². The van der Waals surface area contributed by atoms with Crippen molar-refractivity contribution in [3.8, 4) is 0 Å². The topological polar surface area (TPSA) is 46.6 Å². The number of rotatable bonds is 6. The Hall–Kier alpha value is -2.62. The number of anilines is 1. The number of benzene rings is 2. The average Bonchev–Trinajstić information content (AvgIpc) is 2.61. The summed E-state index contributed by atoms with van der Waals surface area (Å²) in [6, 6.07) is 14.8. The van der Waals surface area contributed by atoms with Crippen LogP contribution >= 0.6 is 0 Å². The van der Waals surface area contributed by atoms with Gasteiger partial charge in [-0.15, -0.1) is 0 Å². The molecule has 1 atom stereocenters. The molecule has 0 aliphatic carbocycles. The molecule has 0 radical (unpaired) electrons. The fraction of sp³-hybridized carbons (Fsp3) is 0.333. The number of amides is 1. The molecule has 0 N–H and O–H groups in total. The Morgan fingerprint density at radius 1 is 1.00 bits per heavy atom. The molecule has 0 aliphatic rings. The smallest absolute Gasteiger partial charge is 0.328 e. The molecule has 2 rings (SSSR count). The van der Waals surface area contributed by atoms with Crippen molar-refractivity contribution in [2.75, 3.05) is 12.0 Å². The van der Waals surface area contributed by atoms with Crippen molar-refractivity contribution in [3.63, 3.8) is 0 Å². The number of esters is 1. The van der Waals surface area contributed by atoms with Crippen LogP contribution in [0.1, 0.15) is 30.0 Å². The maximum absolute atomic E-state index is 13.2. The third-order valence-corrected chi connectivity index (χ3v) is 4.32. The highest BCUT2D eigenvalue weighted by atomic mass is 16.5. The number of carbonyl (C=O) groups is 2. The Bertz CT molecular complexity index is 720. The van der Waals surface area contributed by atoms with E-state index in [2.05, 4.69) is 0 Å². The van der Waals surface area contributed by atoms with Crippen LogP contribution < -0.4 is 4.90 Å². The summed E-state index contributed by atoms with van der Waals surface area (Å²) in [5.74, 6) is -0.507. The van der Waals surface area contributed by atoms with Gasteiger partial charge in [-0.2, -0.15) is 0 Å². The Kier molecular flexibility index (Phi) is 6.34. The number of nitrogens with zero attached hydrogens (tertiary/aromatic N) is 1. The lowest BCUT2D eigenvalue weighted by molar-refractivity contribution is -0.143. The van der Waals surface area contributed by atoms with Gasteiger partial charge in [0.2, 0.25) is 5.91 Å². The summed E-state index contributed by atoms with van der Waals surface area (Å²) in [5.41, 5.74) is 3.64. The zero-order chi connectivity index (χ0) is 18.4. The van der Waals surface area contributed by atoms with Gasteiger partial charge in [0.15, 0.2) is 0 Å². The molecule has 4 heteroatoms. The van der Waals surface area contributed by atoms with Gasteiger partial charge in [-0.3, -0.25) is 9.69 Å². The van der Waals surface area contributed by atoms with Crippen molar-refractivity contribution in [2.24, 2.45) is 0 Å². The molecule has 0 fully saturated rings. The highest BCUT2D eigenvalue weighted by Crippen LogP contribution is 2.28. The summed E-state index contributed by atoms with van der Waals surface area (Å²) in [6.45, 7) is 5.79. The molecule has 0 saturated carbocycles. The monoisotopic (exact) mass is 339 g/mol. The van der Waals surface area contributed by atoms with Crippen LogP contribution in [0.15, 0.2) is 48.5 Å². The molecule has 0 spiro atoms. The van der Waals surface area contributed by atoms with E-state index < -0.39 is 12.0 Å². The Morgan fingerprint density at radius 2 is 1.60 bits per heavy atom. The number of para-hydroxylation sites is 1. The van der Waals surface area contributed by atoms with E-state index in [1.54, 1.807) is 4.90 Å². The first-order valence-corrected chi connectivity index (χ1v) is 8.49. The SMILES string of the molecule is CCC(C(=O)OC)N(C(=O)Cc1ccccc1)c1c(C)cccc1C. The molecule has 25 heavy (non-hydrogen) atoms. The molecule has 1 amide bonds. The van der Waals surface area contributed by atoms with Gasteiger partial charge in [-0.1, -0.05) is 55.5 Å². The molecule has 0 aliphatic heterocycles. The molecule has 0 bridgehead atoms. The number of carbonyl (C=O) groups excluding carboxylic acids is 2. The zero-order valence-corrected chi connectivity index (χ0v) is 15.3. The highest BCUT2D eigenvalue weighted by Gasteiger charge is 2.32. The van der Waals surface area contributed by atoms with Crippen LogP contribution in [0.3, 0.4) is 0 Å². The molecule has 2 aromatic rings. The van der Waals surface area contributed by atoms with Gasteiger partial charge >= 0.3 is 5.97 Å². The van der Waals surface area contributed by atoms with Crippen LogP contribution in [-0.4, -0.2) is 25.0 Å². The number of methoxy groups -OCH3 is 1. The van der Waals surface area contributed by atoms with Crippen LogP contribution in [0.4, 0.5) is 5.69 Å². The van der Waals surface area contributed by atoms with Crippen molar-refractivity contribution in [1.29, 1.82) is 0 Å². The van der Waals surface area contributed by atoms with Gasteiger partial charge in [0.1, 0.15) is 6.04 Å². The van der Waals surface area contributed by atoms with E-state index in [1.807, 2.05) is 69.3 Å². The summed E-state index contributed by atoms with van der Waals surface area (Å²) in [4.78, 5) is 27.1. The van der Waals surface area contributed by atoms with Gasteiger partial charge < -0.3 is 4.74 Å². The van der Waals surface area contributed by atoms with Crippen molar-refractivity contribution < 1.29 is 14.3 Å². The lowest BCUT2D eigenvalue weighted by Crippen LogP contribution is -2.47. The van der Waals surface area contributed by atoms with E-state index in [0.29, 0.717) is 6.42 Å². The second-order valence-corrected chi connectivity index (χ2v) is 6.11. The molecule has 4 nitrogen and oxygen atoms in total. The van der Waals surface area contributed by atoms with Gasteiger partial charge in [-0.25, -0.2) is 4.79 Å². The number of aryl methyl sites for hydroxylation is 2. The average molecular weight is 339 g/mol. The third-order valence-electron chi connectivity index (χ3n) is 4.32. The zero-order valence-electron chi connectivity index (χ0n) is 15.3. The van der Waals surface area contributed by atoms with Gasteiger partial charge in [0.25, 0.3) is 0 Å². The fourth-order valence-corrected chi connectivity index (χ4v) is 3.09. The number of hydrogen-bond donors (Lipinski definition) is 0. The summed E-state index contributed by atoms with van der Waals surface area (Å²) in [6.07, 6.45) is 0.725. The van der Waals surface area contributed by atoms with Gasteiger partial charge in [-0.05, 0) is 37.0 Å². The van der Waals surface area contributed by atoms with E-state index in [0.717, 1.165) is 22.4 Å². The second kappa shape index (κ2) is 8.47. The van der Waals surface area contributed by atoms with Crippen molar-refractivity contribution >= 4 is 17.6 Å². The Morgan fingerprint density at radius 3 is 2.12 bits per heavy atom. The number of ether oxygens (including phenoxy) is 1. The largest absolute Gasteiger partial charge is 0.467 e. The maximum Gasteiger partial charge on any atom is 0.328 e. The first kappa shape index (κ1) is 18.7. The van der Waals surface area contributed by atoms with E-state index in [4.69, 9.17) is 4.74 Å². The minimum atomic E-state index is -0.638. The van der Waals surface area contributed by atoms with Crippen LogP contribution in [-0.2, 0) is 20.7 Å². The lowest BCUT2D eigenvalue weighted by Gasteiger charge is -2.32. The molecular formula is C21H25NO3. The standard InChI is InChI=1S/C21H25NO3/c1-5-18(21(24)25-4)22(20-15(2)10-9-11-16(20)3)19(23)14-17-12-7-6-8-13-17/h6-13,18H,5,14H2,1-4H3. The first-order valence-electron chi connectivity index (χ1n) is 8.49. The highest BCUT2D eigenvalue weighted by molar-refractivity contribution is 6.01. The quantitative estimate of drug-likeness (QED) is 0.752. The van der Waals surface area contributed by atoms with Crippen LogP contribution in [0.2, 0.25) is 0 Å². The fourth-order valence-electron chi connectivity index (χ4n) is 3.09. The minimum absolute atomic E-state index is 0.110. The van der Waals surface area contributed by atoms with E-state index in [-0.39, 0.29) is 12.3 Å². The van der Waals surface area contributed by atoms with Crippen molar-refractivity contribution in [3.05, 3.63) is 65.2 Å². The molecule has 1 unspecified atom stereocenters. The predicted molar refractivity (Wildman–Crippen MR) is 99.6 cm³/mol. The van der Waals surface area contributed by atoms with Crippen LogP contribution in [0, 0.1) is 13.8 Å². The summed E-state index contributed by atoms with van der Waals surface area (Å²) < 4.78 is 4.95. The molecular weight excluding hydrogens is 314 g/mol. The first-order chi connectivity index (χ1) is 12.0.